The summed E-state index contributed by atoms with van der Waals surface area (Å²) in [4.78, 5) is 10.3. The summed E-state index contributed by atoms with van der Waals surface area (Å²) in [6.45, 7) is 0. The van der Waals surface area contributed by atoms with E-state index in [1.807, 2.05) is 0 Å². The molecule has 0 atom stereocenters. The Morgan fingerprint density at radius 1 is 1.12 bits per heavy atom. The molecule has 0 aliphatic rings. The van der Waals surface area contributed by atoms with Crippen molar-refractivity contribution in [1.29, 1.82) is 0 Å². The van der Waals surface area contributed by atoms with E-state index in [1.54, 1.807) is 42.5 Å². The monoisotopic (exact) mass is 230 g/mol. The molecule has 2 aromatic rings. The second-order valence-electron chi connectivity index (χ2n) is 3.40. The lowest BCUT2D eigenvalue weighted by Gasteiger charge is -2.06. The van der Waals surface area contributed by atoms with Gasteiger partial charge < -0.3 is 10.5 Å². The van der Waals surface area contributed by atoms with Gasteiger partial charge in [-0.1, -0.05) is 18.2 Å². The molecule has 0 unspecified atom stereocenters. The molecule has 0 amide bonds. The Bertz CT molecular complexity index is 555. The normalized spacial score (nSPS) is 9.88. The van der Waals surface area contributed by atoms with Crippen molar-refractivity contribution in [2.45, 2.75) is 0 Å². The summed E-state index contributed by atoms with van der Waals surface area (Å²) in [5.41, 5.74) is 6.06. The number of para-hydroxylation sites is 2. The van der Waals surface area contributed by atoms with Gasteiger partial charge in [0.25, 0.3) is 0 Å². The lowest BCUT2D eigenvalue weighted by Crippen LogP contribution is -1.93. The van der Waals surface area contributed by atoms with Gasteiger partial charge in [-0.3, -0.25) is 10.1 Å². The number of nitrogens with zero attached hydrogens (tertiary/aromatic N) is 1. The van der Waals surface area contributed by atoms with Gasteiger partial charge in [0, 0.05) is 17.8 Å². The van der Waals surface area contributed by atoms with E-state index in [4.69, 9.17) is 10.5 Å². The number of rotatable bonds is 3. The first-order chi connectivity index (χ1) is 8.16. The van der Waals surface area contributed by atoms with Crippen LogP contribution in [0, 0.1) is 10.1 Å². The molecule has 0 heterocycles. The lowest BCUT2D eigenvalue weighted by molar-refractivity contribution is -0.385. The summed E-state index contributed by atoms with van der Waals surface area (Å²) in [5.74, 6) is 0.669. The summed E-state index contributed by atoms with van der Waals surface area (Å²) in [7, 11) is 0. The molecule has 2 aromatic carbocycles. The van der Waals surface area contributed by atoms with Crippen molar-refractivity contribution in [2.24, 2.45) is 0 Å². The first-order valence-electron chi connectivity index (χ1n) is 4.93. The fourth-order valence-electron chi connectivity index (χ4n) is 1.40. The minimum Gasteiger partial charge on any atom is -0.450 e. The number of hydrogen-bond donors (Lipinski definition) is 1. The van der Waals surface area contributed by atoms with Gasteiger partial charge in [-0.25, -0.2) is 0 Å². The third-order valence-corrected chi connectivity index (χ3v) is 2.15. The molecule has 0 aliphatic heterocycles. The Morgan fingerprint density at radius 2 is 1.88 bits per heavy atom. The average Bonchev–Trinajstić information content (AvgIpc) is 2.29. The van der Waals surface area contributed by atoms with Gasteiger partial charge in [-0.15, -0.1) is 0 Å². The lowest BCUT2D eigenvalue weighted by atomic mass is 10.3. The van der Waals surface area contributed by atoms with Crippen molar-refractivity contribution < 1.29 is 9.66 Å². The third-order valence-electron chi connectivity index (χ3n) is 2.15. The highest BCUT2D eigenvalue weighted by Gasteiger charge is 2.14. The first-order valence-corrected chi connectivity index (χ1v) is 4.93. The van der Waals surface area contributed by atoms with Gasteiger partial charge in [0.05, 0.1) is 4.92 Å². The summed E-state index contributed by atoms with van der Waals surface area (Å²) >= 11 is 0. The van der Waals surface area contributed by atoms with Crippen molar-refractivity contribution >= 4 is 11.4 Å². The Balaban J connectivity index is 2.33. The smallest absolute Gasteiger partial charge is 0.311 e. The van der Waals surface area contributed by atoms with E-state index in [-0.39, 0.29) is 11.4 Å². The fraction of sp³-hybridized carbons (Fsp3) is 0. The van der Waals surface area contributed by atoms with Crippen molar-refractivity contribution in [1.82, 2.24) is 0 Å². The van der Waals surface area contributed by atoms with E-state index < -0.39 is 4.92 Å². The topological polar surface area (TPSA) is 78.4 Å². The van der Waals surface area contributed by atoms with E-state index in [0.717, 1.165) is 0 Å². The van der Waals surface area contributed by atoms with E-state index >= 15 is 0 Å². The number of ether oxygens (including phenoxy) is 1. The zero-order valence-electron chi connectivity index (χ0n) is 8.87. The van der Waals surface area contributed by atoms with Crippen LogP contribution in [0.1, 0.15) is 0 Å². The number of nitrogen functional groups attached to an aromatic ring is 1. The molecular formula is C12H10N2O3. The van der Waals surface area contributed by atoms with Crippen molar-refractivity contribution in [3.8, 4) is 11.5 Å². The van der Waals surface area contributed by atoms with Gasteiger partial charge in [-0.05, 0) is 18.2 Å². The molecule has 5 nitrogen and oxygen atoms in total. The van der Waals surface area contributed by atoms with Crippen LogP contribution in [0.2, 0.25) is 0 Å². The van der Waals surface area contributed by atoms with Crippen LogP contribution in [-0.2, 0) is 0 Å². The van der Waals surface area contributed by atoms with E-state index in [9.17, 15) is 10.1 Å². The zero-order chi connectivity index (χ0) is 12.3. The second-order valence-corrected chi connectivity index (χ2v) is 3.40. The maximum atomic E-state index is 10.8. The van der Waals surface area contributed by atoms with Crippen LogP contribution < -0.4 is 10.5 Å². The van der Waals surface area contributed by atoms with Crippen LogP contribution in [0.5, 0.6) is 11.5 Å². The highest BCUT2D eigenvalue weighted by molar-refractivity contribution is 5.50. The fourth-order valence-corrected chi connectivity index (χ4v) is 1.40. The molecule has 86 valence electrons. The quantitative estimate of drug-likeness (QED) is 0.499. The molecule has 0 saturated heterocycles. The summed E-state index contributed by atoms with van der Waals surface area (Å²) in [5, 5.41) is 10.8. The molecule has 2 N–H and O–H groups in total. The average molecular weight is 230 g/mol. The number of nitrogens with two attached hydrogens (primary N) is 1. The van der Waals surface area contributed by atoms with Gasteiger partial charge in [-0.2, -0.15) is 0 Å². The summed E-state index contributed by atoms with van der Waals surface area (Å²) < 4.78 is 5.43. The van der Waals surface area contributed by atoms with Crippen LogP contribution in [0.25, 0.3) is 0 Å². The number of nitro groups is 1. The Labute approximate surface area is 97.6 Å². The van der Waals surface area contributed by atoms with Gasteiger partial charge >= 0.3 is 5.69 Å². The Morgan fingerprint density at radius 3 is 2.59 bits per heavy atom. The van der Waals surface area contributed by atoms with Gasteiger partial charge in [0.1, 0.15) is 5.75 Å². The molecule has 0 bridgehead atoms. The molecule has 0 fully saturated rings. The molecule has 0 spiro atoms. The minimum atomic E-state index is -0.484. The molecular weight excluding hydrogens is 220 g/mol. The van der Waals surface area contributed by atoms with Crippen molar-refractivity contribution in [2.75, 3.05) is 5.73 Å². The molecule has 2 rings (SSSR count). The molecule has 0 aromatic heterocycles. The van der Waals surface area contributed by atoms with Gasteiger partial charge in [0.15, 0.2) is 0 Å². The van der Waals surface area contributed by atoms with Crippen LogP contribution in [0.3, 0.4) is 0 Å². The number of nitro benzene ring substituents is 1. The molecule has 0 aliphatic carbocycles. The molecule has 0 saturated carbocycles. The highest BCUT2D eigenvalue weighted by Crippen LogP contribution is 2.31. The van der Waals surface area contributed by atoms with Crippen LogP contribution >= 0.6 is 0 Å². The number of anilines is 1. The van der Waals surface area contributed by atoms with Gasteiger partial charge in [0.2, 0.25) is 5.75 Å². The molecule has 0 radical (unpaired) electrons. The summed E-state index contributed by atoms with van der Waals surface area (Å²) in [6, 6.07) is 12.9. The molecule has 5 heteroatoms. The third kappa shape index (κ3) is 2.52. The summed E-state index contributed by atoms with van der Waals surface area (Å²) in [6.07, 6.45) is 0. The number of hydrogen-bond acceptors (Lipinski definition) is 4. The second kappa shape index (κ2) is 4.52. The standard InChI is InChI=1S/C12H10N2O3/c13-9-4-3-5-10(8-9)17-12-7-2-1-6-11(12)14(15)16/h1-8H,13H2. The predicted octanol–water partition coefficient (Wildman–Crippen LogP) is 2.97. The van der Waals surface area contributed by atoms with Crippen LogP contribution in [-0.4, -0.2) is 4.92 Å². The highest BCUT2D eigenvalue weighted by atomic mass is 16.6. The van der Waals surface area contributed by atoms with E-state index in [2.05, 4.69) is 0 Å². The van der Waals surface area contributed by atoms with Crippen LogP contribution in [0.4, 0.5) is 11.4 Å². The predicted molar refractivity (Wildman–Crippen MR) is 64.0 cm³/mol. The maximum Gasteiger partial charge on any atom is 0.311 e. The van der Waals surface area contributed by atoms with E-state index in [1.165, 1.54) is 6.07 Å². The number of benzene rings is 2. The minimum absolute atomic E-state index is 0.0741. The van der Waals surface area contributed by atoms with Crippen LogP contribution in [0.15, 0.2) is 48.5 Å². The zero-order valence-corrected chi connectivity index (χ0v) is 8.87. The Hall–Kier alpha value is -2.56. The Kier molecular flexibility index (Phi) is 2.91. The van der Waals surface area contributed by atoms with E-state index in [0.29, 0.717) is 11.4 Å². The van der Waals surface area contributed by atoms with Crippen molar-refractivity contribution in [3.63, 3.8) is 0 Å². The molecule has 17 heavy (non-hydrogen) atoms. The first kappa shape index (κ1) is 10.9. The maximum absolute atomic E-state index is 10.8. The largest absolute Gasteiger partial charge is 0.450 e. The van der Waals surface area contributed by atoms with Crippen molar-refractivity contribution in [3.05, 3.63) is 58.6 Å². The SMILES string of the molecule is Nc1cccc(Oc2ccccc2[N+](=O)[O-])c1.